The van der Waals surface area contributed by atoms with Crippen molar-refractivity contribution in [2.45, 2.75) is 32.2 Å². The summed E-state index contributed by atoms with van der Waals surface area (Å²) in [5.74, 6) is 0.323. The number of carbonyl (C=O) groups excluding carboxylic acids is 1. The number of carbonyl (C=O) groups is 1. The zero-order chi connectivity index (χ0) is 15.5. The summed E-state index contributed by atoms with van der Waals surface area (Å²) < 4.78 is 13.9. The second-order valence-electron chi connectivity index (χ2n) is 6.28. The van der Waals surface area contributed by atoms with E-state index >= 15 is 0 Å². The van der Waals surface area contributed by atoms with Crippen LogP contribution >= 0.6 is 11.6 Å². The fraction of sp³-hybridized carbons (Fsp3) is 0.588. The molecule has 22 heavy (non-hydrogen) atoms. The van der Waals surface area contributed by atoms with E-state index in [4.69, 9.17) is 11.6 Å². The molecular formula is C17H22ClFN2O. The molecule has 120 valence electrons. The highest BCUT2D eigenvalue weighted by Crippen LogP contribution is 2.29. The van der Waals surface area contributed by atoms with Crippen LogP contribution in [0.3, 0.4) is 0 Å². The zero-order valence-corrected chi connectivity index (χ0v) is 13.5. The maximum Gasteiger partial charge on any atom is 0.225 e. The van der Waals surface area contributed by atoms with Gasteiger partial charge in [0.05, 0.1) is 0 Å². The lowest BCUT2D eigenvalue weighted by Crippen LogP contribution is -2.41. The van der Waals surface area contributed by atoms with E-state index in [1.54, 1.807) is 12.1 Å². The van der Waals surface area contributed by atoms with E-state index in [1.165, 1.54) is 12.5 Å². The van der Waals surface area contributed by atoms with Crippen LogP contribution in [0, 0.1) is 11.7 Å². The summed E-state index contributed by atoms with van der Waals surface area (Å²) in [7, 11) is 0. The molecule has 1 aromatic rings. The maximum atomic E-state index is 13.9. The van der Waals surface area contributed by atoms with E-state index in [0.29, 0.717) is 23.0 Å². The predicted octanol–water partition coefficient (Wildman–Crippen LogP) is 3.31. The van der Waals surface area contributed by atoms with Crippen LogP contribution < -0.4 is 0 Å². The number of rotatable bonds is 3. The van der Waals surface area contributed by atoms with E-state index < -0.39 is 0 Å². The first kappa shape index (κ1) is 15.8. The Hall–Kier alpha value is -1.13. The van der Waals surface area contributed by atoms with Gasteiger partial charge in [-0.1, -0.05) is 24.1 Å². The van der Waals surface area contributed by atoms with Crippen LogP contribution in [0.4, 0.5) is 4.39 Å². The number of benzene rings is 1. The molecule has 1 aliphatic carbocycles. The van der Waals surface area contributed by atoms with Crippen molar-refractivity contribution in [3.05, 3.63) is 34.6 Å². The van der Waals surface area contributed by atoms with Gasteiger partial charge in [-0.25, -0.2) is 4.39 Å². The SMILES string of the molecule is O=C(C1CCC1)N1CCCN(Cc2c(F)cccc2Cl)CC1. The Morgan fingerprint density at radius 3 is 2.68 bits per heavy atom. The molecule has 0 spiro atoms. The summed E-state index contributed by atoms with van der Waals surface area (Å²) in [6.45, 7) is 3.72. The van der Waals surface area contributed by atoms with Gasteiger partial charge in [0, 0.05) is 49.2 Å². The average Bonchev–Trinajstić information content (AvgIpc) is 2.66. The minimum absolute atomic E-state index is 0.251. The van der Waals surface area contributed by atoms with Gasteiger partial charge in [-0.05, 0) is 31.4 Å². The van der Waals surface area contributed by atoms with Crippen LogP contribution in [0.5, 0.6) is 0 Å². The molecule has 1 heterocycles. The normalized spacial score (nSPS) is 20.5. The molecule has 1 aliphatic heterocycles. The minimum Gasteiger partial charge on any atom is -0.341 e. The molecule has 0 unspecified atom stereocenters. The Morgan fingerprint density at radius 1 is 1.18 bits per heavy atom. The van der Waals surface area contributed by atoms with E-state index in [0.717, 1.165) is 45.4 Å². The lowest BCUT2D eigenvalue weighted by atomic mass is 9.84. The number of hydrogen-bond donors (Lipinski definition) is 0. The monoisotopic (exact) mass is 324 g/mol. The topological polar surface area (TPSA) is 23.6 Å². The summed E-state index contributed by atoms with van der Waals surface area (Å²) in [4.78, 5) is 16.5. The van der Waals surface area contributed by atoms with Crippen LogP contribution in [-0.4, -0.2) is 41.9 Å². The summed E-state index contributed by atoms with van der Waals surface area (Å²) >= 11 is 6.11. The molecule has 0 radical (unpaired) electrons. The minimum atomic E-state index is -0.251. The van der Waals surface area contributed by atoms with E-state index in [1.807, 2.05) is 4.90 Å². The van der Waals surface area contributed by atoms with Crippen molar-refractivity contribution in [2.24, 2.45) is 5.92 Å². The van der Waals surface area contributed by atoms with Gasteiger partial charge in [0.25, 0.3) is 0 Å². The second kappa shape index (κ2) is 6.97. The third kappa shape index (κ3) is 3.44. The molecule has 3 rings (SSSR count). The summed E-state index contributed by atoms with van der Waals surface area (Å²) in [5.41, 5.74) is 0.558. The van der Waals surface area contributed by atoms with Crippen LogP contribution in [0.15, 0.2) is 18.2 Å². The standard InChI is InChI=1S/C17H22ClFN2O/c18-15-6-2-7-16(19)14(15)12-20-8-3-9-21(11-10-20)17(22)13-4-1-5-13/h2,6-7,13H,1,3-5,8-12H2. The third-order valence-electron chi connectivity index (χ3n) is 4.80. The fourth-order valence-electron chi connectivity index (χ4n) is 3.17. The third-order valence-corrected chi connectivity index (χ3v) is 5.15. The van der Waals surface area contributed by atoms with Gasteiger partial charge in [-0.2, -0.15) is 0 Å². The smallest absolute Gasteiger partial charge is 0.225 e. The highest BCUT2D eigenvalue weighted by molar-refractivity contribution is 6.31. The summed E-state index contributed by atoms with van der Waals surface area (Å²) in [6, 6.07) is 4.80. The molecule has 1 saturated heterocycles. The van der Waals surface area contributed by atoms with Gasteiger partial charge in [-0.15, -0.1) is 0 Å². The largest absolute Gasteiger partial charge is 0.341 e. The Bertz CT molecular complexity index is 527. The van der Waals surface area contributed by atoms with Crippen molar-refractivity contribution in [3.63, 3.8) is 0 Å². The van der Waals surface area contributed by atoms with Gasteiger partial charge in [0.15, 0.2) is 0 Å². The van der Waals surface area contributed by atoms with Crippen molar-refractivity contribution < 1.29 is 9.18 Å². The molecule has 0 atom stereocenters. The molecular weight excluding hydrogens is 303 g/mol. The zero-order valence-electron chi connectivity index (χ0n) is 12.7. The lowest BCUT2D eigenvalue weighted by molar-refractivity contribution is -0.138. The van der Waals surface area contributed by atoms with Crippen molar-refractivity contribution in [1.29, 1.82) is 0 Å². The predicted molar refractivity (Wildman–Crippen MR) is 85.2 cm³/mol. The molecule has 1 aromatic carbocycles. The molecule has 0 bridgehead atoms. The number of nitrogens with zero attached hydrogens (tertiary/aromatic N) is 2. The van der Waals surface area contributed by atoms with Gasteiger partial charge in [0.1, 0.15) is 5.82 Å². The number of amides is 1. The van der Waals surface area contributed by atoms with Crippen LogP contribution in [0.25, 0.3) is 0 Å². The Morgan fingerprint density at radius 2 is 2.00 bits per heavy atom. The first-order chi connectivity index (χ1) is 10.6. The first-order valence-electron chi connectivity index (χ1n) is 8.09. The van der Waals surface area contributed by atoms with E-state index in [2.05, 4.69) is 4.90 Å². The van der Waals surface area contributed by atoms with Crippen molar-refractivity contribution >= 4 is 17.5 Å². The van der Waals surface area contributed by atoms with Crippen molar-refractivity contribution in [2.75, 3.05) is 26.2 Å². The van der Waals surface area contributed by atoms with Gasteiger partial charge in [-0.3, -0.25) is 9.69 Å². The van der Waals surface area contributed by atoms with Crippen LogP contribution in [-0.2, 0) is 11.3 Å². The molecule has 1 amide bonds. The maximum absolute atomic E-state index is 13.9. The molecule has 0 N–H and O–H groups in total. The van der Waals surface area contributed by atoms with E-state index in [9.17, 15) is 9.18 Å². The average molecular weight is 325 g/mol. The van der Waals surface area contributed by atoms with Gasteiger partial charge < -0.3 is 4.90 Å². The summed E-state index contributed by atoms with van der Waals surface area (Å²) in [6.07, 6.45) is 4.21. The summed E-state index contributed by atoms with van der Waals surface area (Å²) in [5, 5.41) is 0.478. The molecule has 3 nitrogen and oxygen atoms in total. The molecule has 2 fully saturated rings. The van der Waals surface area contributed by atoms with E-state index in [-0.39, 0.29) is 11.7 Å². The molecule has 2 aliphatic rings. The Balaban J connectivity index is 1.59. The molecule has 1 saturated carbocycles. The van der Waals surface area contributed by atoms with Crippen LogP contribution in [0.1, 0.15) is 31.2 Å². The first-order valence-corrected chi connectivity index (χ1v) is 8.47. The van der Waals surface area contributed by atoms with Crippen molar-refractivity contribution in [3.8, 4) is 0 Å². The van der Waals surface area contributed by atoms with Gasteiger partial charge >= 0.3 is 0 Å². The Labute approximate surface area is 136 Å². The quantitative estimate of drug-likeness (QED) is 0.851. The fourth-order valence-corrected chi connectivity index (χ4v) is 3.39. The van der Waals surface area contributed by atoms with Gasteiger partial charge in [0.2, 0.25) is 5.91 Å². The Kier molecular flexibility index (Phi) is 4.99. The van der Waals surface area contributed by atoms with Crippen molar-refractivity contribution in [1.82, 2.24) is 9.80 Å². The molecule has 5 heteroatoms. The second-order valence-corrected chi connectivity index (χ2v) is 6.69. The molecule has 0 aromatic heterocycles. The number of hydrogen-bond acceptors (Lipinski definition) is 2. The number of halogens is 2. The van der Waals surface area contributed by atoms with Crippen LogP contribution in [0.2, 0.25) is 5.02 Å². The highest BCUT2D eigenvalue weighted by Gasteiger charge is 2.30. The highest BCUT2D eigenvalue weighted by atomic mass is 35.5. The lowest BCUT2D eigenvalue weighted by Gasteiger charge is -2.31.